The number of amides is 1. The fourth-order valence-electron chi connectivity index (χ4n) is 2.86. The van der Waals surface area contributed by atoms with Crippen LogP contribution >= 0.6 is 22.9 Å². The average Bonchev–Trinajstić information content (AvgIpc) is 3.24. The first-order valence-corrected chi connectivity index (χ1v) is 9.73. The summed E-state index contributed by atoms with van der Waals surface area (Å²) in [5, 5.41) is 2.48. The number of halogens is 1. The van der Waals surface area contributed by atoms with E-state index in [2.05, 4.69) is 0 Å². The van der Waals surface area contributed by atoms with Gasteiger partial charge in [-0.2, -0.15) is 0 Å². The third kappa shape index (κ3) is 4.08. The van der Waals surface area contributed by atoms with Gasteiger partial charge in [-0.1, -0.05) is 29.8 Å². The fraction of sp³-hybridized carbons (Fsp3) is 0.190. The van der Waals surface area contributed by atoms with Gasteiger partial charge in [-0.3, -0.25) is 4.79 Å². The Labute approximate surface area is 173 Å². The maximum atomic E-state index is 13.5. The largest absolute Gasteiger partial charge is 0.493 e. The number of anilines is 1. The van der Waals surface area contributed by atoms with Gasteiger partial charge in [0.2, 0.25) is 5.75 Å². The smallest absolute Gasteiger partial charge is 0.258 e. The molecule has 0 aliphatic rings. The number of nitrogens with zero attached hydrogens (tertiary/aromatic N) is 1. The SMILES string of the molecule is COc1cc(C(=O)N(Cc2cccs2)c2ccccc2Cl)cc(OC)c1OC. The van der Waals surface area contributed by atoms with Crippen LogP contribution in [0.1, 0.15) is 15.2 Å². The molecule has 0 fully saturated rings. The molecule has 0 unspecified atom stereocenters. The Hall–Kier alpha value is -2.70. The zero-order chi connectivity index (χ0) is 20.1. The third-order valence-electron chi connectivity index (χ3n) is 4.19. The summed E-state index contributed by atoms with van der Waals surface area (Å²) in [5.74, 6) is 1.05. The molecule has 7 heteroatoms. The van der Waals surface area contributed by atoms with Crippen molar-refractivity contribution in [2.24, 2.45) is 0 Å². The van der Waals surface area contributed by atoms with Crippen molar-refractivity contribution in [2.75, 3.05) is 26.2 Å². The van der Waals surface area contributed by atoms with Gasteiger partial charge in [-0.15, -0.1) is 11.3 Å². The standard InChI is InChI=1S/C21H20ClNO4S/c1-25-18-11-14(12-19(26-2)20(18)27-3)21(24)23(13-15-7-6-10-28-15)17-9-5-4-8-16(17)22/h4-12H,13H2,1-3H3. The molecule has 0 saturated heterocycles. The minimum Gasteiger partial charge on any atom is -0.493 e. The van der Waals surface area contributed by atoms with Crippen LogP contribution in [0.2, 0.25) is 5.02 Å². The van der Waals surface area contributed by atoms with E-state index in [9.17, 15) is 4.79 Å². The summed E-state index contributed by atoms with van der Waals surface area (Å²) < 4.78 is 16.1. The lowest BCUT2D eigenvalue weighted by Crippen LogP contribution is -2.30. The number of ether oxygens (including phenoxy) is 3. The zero-order valence-corrected chi connectivity index (χ0v) is 17.3. The van der Waals surface area contributed by atoms with E-state index in [0.717, 1.165) is 4.88 Å². The highest BCUT2D eigenvalue weighted by Crippen LogP contribution is 2.39. The molecule has 3 aromatic rings. The Balaban J connectivity index is 2.08. The van der Waals surface area contributed by atoms with E-state index in [0.29, 0.717) is 40.1 Å². The Morgan fingerprint density at radius 2 is 1.68 bits per heavy atom. The molecule has 0 radical (unpaired) electrons. The Morgan fingerprint density at radius 3 is 2.21 bits per heavy atom. The lowest BCUT2D eigenvalue weighted by Gasteiger charge is -2.24. The number of thiophene rings is 1. The molecule has 0 spiro atoms. The van der Waals surface area contributed by atoms with Crippen molar-refractivity contribution in [3.8, 4) is 17.2 Å². The molecule has 0 atom stereocenters. The maximum Gasteiger partial charge on any atom is 0.258 e. The van der Waals surface area contributed by atoms with Crippen LogP contribution in [0, 0.1) is 0 Å². The summed E-state index contributed by atoms with van der Waals surface area (Å²) in [6.07, 6.45) is 0. The topological polar surface area (TPSA) is 48.0 Å². The second-order valence-electron chi connectivity index (χ2n) is 5.84. The van der Waals surface area contributed by atoms with Gasteiger partial charge in [0.25, 0.3) is 5.91 Å². The van der Waals surface area contributed by atoms with Crippen LogP contribution in [0.3, 0.4) is 0 Å². The van der Waals surface area contributed by atoms with E-state index in [1.807, 2.05) is 35.7 Å². The van der Waals surface area contributed by atoms with Crippen LogP contribution in [0.25, 0.3) is 0 Å². The van der Waals surface area contributed by atoms with Crippen LogP contribution in [0.4, 0.5) is 5.69 Å². The summed E-state index contributed by atoms with van der Waals surface area (Å²) in [6, 6.07) is 14.5. The number of rotatable bonds is 7. The summed E-state index contributed by atoms with van der Waals surface area (Å²) in [5.41, 5.74) is 1.04. The van der Waals surface area contributed by atoms with Crippen LogP contribution in [0.5, 0.6) is 17.2 Å². The zero-order valence-electron chi connectivity index (χ0n) is 15.8. The molecule has 3 rings (SSSR count). The number of carbonyl (C=O) groups excluding carboxylic acids is 1. The number of methoxy groups -OCH3 is 3. The molecule has 0 aliphatic carbocycles. The van der Waals surface area contributed by atoms with Crippen molar-refractivity contribution in [1.29, 1.82) is 0 Å². The van der Waals surface area contributed by atoms with Gasteiger partial charge < -0.3 is 19.1 Å². The second kappa shape index (κ2) is 8.99. The summed E-state index contributed by atoms with van der Waals surface area (Å²) >= 11 is 7.97. The summed E-state index contributed by atoms with van der Waals surface area (Å²) in [4.78, 5) is 16.2. The lowest BCUT2D eigenvalue weighted by atomic mass is 10.1. The highest BCUT2D eigenvalue weighted by Gasteiger charge is 2.24. The molecule has 28 heavy (non-hydrogen) atoms. The molecule has 2 aromatic carbocycles. The predicted molar refractivity (Wildman–Crippen MR) is 112 cm³/mol. The molecule has 1 heterocycles. The molecule has 1 amide bonds. The number of benzene rings is 2. The van der Waals surface area contributed by atoms with Gasteiger partial charge in [0.05, 0.1) is 38.6 Å². The first kappa shape index (κ1) is 20.0. The van der Waals surface area contributed by atoms with E-state index >= 15 is 0 Å². The highest BCUT2D eigenvalue weighted by atomic mass is 35.5. The van der Waals surface area contributed by atoms with Crippen molar-refractivity contribution in [2.45, 2.75) is 6.54 Å². The Bertz CT molecular complexity index is 934. The number of hydrogen-bond donors (Lipinski definition) is 0. The van der Waals surface area contributed by atoms with Crippen molar-refractivity contribution in [3.63, 3.8) is 0 Å². The van der Waals surface area contributed by atoms with E-state index in [1.165, 1.54) is 21.3 Å². The van der Waals surface area contributed by atoms with Crippen molar-refractivity contribution in [3.05, 3.63) is 69.4 Å². The number of para-hydroxylation sites is 1. The van der Waals surface area contributed by atoms with Crippen LogP contribution in [-0.2, 0) is 6.54 Å². The third-order valence-corrected chi connectivity index (χ3v) is 5.37. The predicted octanol–water partition coefficient (Wildman–Crippen LogP) is 5.27. The van der Waals surface area contributed by atoms with Crippen LogP contribution < -0.4 is 19.1 Å². The monoisotopic (exact) mass is 417 g/mol. The van der Waals surface area contributed by atoms with Gasteiger partial charge >= 0.3 is 0 Å². The van der Waals surface area contributed by atoms with Gasteiger partial charge in [0, 0.05) is 10.4 Å². The number of carbonyl (C=O) groups is 1. The first-order valence-electron chi connectivity index (χ1n) is 8.47. The Kier molecular flexibility index (Phi) is 6.44. The van der Waals surface area contributed by atoms with Crippen molar-refractivity contribution in [1.82, 2.24) is 0 Å². The highest BCUT2D eigenvalue weighted by molar-refractivity contribution is 7.09. The van der Waals surface area contributed by atoms with Gasteiger partial charge in [-0.05, 0) is 35.7 Å². The van der Waals surface area contributed by atoms with Crippen molar-refractivity contribution < 1.29 is 19.0 Å². The molecule has 0 saturated carbocycles. The van der Waals surface area contributed by atoms with Gasteiger partial charge in [0.15, 0.2) is 11.5 Å². The van der Waals surface area contributed by atoms with Crippen LogP contribution in [0.15, 0.2) is 53.9 Å². The molecule has 146 valence electrons. The summed E-state index contributed by atoms with van der Waals surface area (Å²) in [6.45, 7) is 0.400. The minimum absolute atomic E-state index is 0.222. The normalized spacial score (nSPS) is 10.4. The van der Waals surface area contributed by atoms with Gasteiger partial charge in [0.1, 0.15) is 0 Å². The molecule has 0 N–H and O–H groups in total. The summed E-state index contributed by atoms with van der Waals surface area (Å²) in [7, 11) is 4.56. The van der Waals surface area contributed by atoms with E-state index in [1.54, 1.807) is 34.4 Å². The van der Waals surface area contributed by atoms with Crippen LogP contribution in [-0.4, -0.2) is 27.2 Å². The van der Waals surface area contributed by atoms with E-state index in [-0.39, 0.29) is 5.91 Å². The molecule has 0 bridgehead atoms. The maximum absolute atomic E-state index is 13.5. The quantitative estimate of drug-likeness (QED) is 0.525. The van der Waals surface area contributed by atoms with E-state index in [4.69, 9.17) is 25.8 Å². The lowest BCUT2D eigenvalue weighted by molar-refractivity contribution is 0.0984. The number of hydrogen-bond acceptors (Lipinski definition) is 5. The average molecular weight is 418 g/mol. The first-order chi connectivity index (χ1) is 13.6. The molecule has 1 aromatic heterocycles. The minimum atomic E-state index is -0.222. The second-order valence-corrected chi connectivity index (χ2v) is 7.28. The van der Waals surface area contributed by atoms with Gasteiger partial charge in [-0.25, -0.2) is 0 Å². The molecular formula is C21H20ClNO4S. The molecule has 5 nitrogen and oxygen atoms in total. The van der Waals surface area contributed by atoms with Crippen molar-refractivity contribution >= 4 is 34.5 Å². The Morgan fingerprint density at radius 1 is 1.00 bits per heavy atom. The molecule has 0 aliphatic heterocycles. The molecular weight excluding hydrogens is 398 g/mol. The fourth-order valence-corrected chi connectivity index (χ4v) is 3.79. The van der Waals surface area contributed by atoms with E-state index < -0.39 is 0 Å².